The van der Waals surface area contributed by atoms with Crippen LogP contribution in [0.3, 0.4) is 0 Å². The van der Waals surface area contributed by atoms with Crippen molar-refractivity contribution in [1.82, 2.24) is 29.0 Å². The average molecular weight is 417 g/mol. The summed E-state index contributed by atoms with van der Waals surface area (Å²) in [5.74, 6) is 2.12. The number of nitrogens with zero attached hydrogens (tertiary/aromatic N) is 6. The minimum Gasteiger partial charge on any atom is -0.296 e. The molecule has 1 aliphatic heterocycles. The summed E-state index contributed by atoms with van der Waals surface area (Å²) in [6.07, 6.45) is 6.11. The van der Waals surface area contributed by atoms with Gasteiger partial charge in [-0.05, 0) is 86.3 Å². The van der Waals surface area contributed by atoms with Crippen LogP contribution >= 0.6 is 23.3 Å². The number of hydrogen-bond donors (Lipinski definition) is 0. The normalized spacial score (nSPS) is 17.9. The van der Waals surface area contributed by atoms with Crippen LogP contribution in [0.25, 0.3) is 5.69 Å². The van der Waals surface area contributed by atoms with Crippen LogP contribution < -0.4 is 0 Å². The Bertz CT molecular complexity index is 944. The number of likely N-dealkylation sites (tertiary alicyclic amines) is 1. The van der Waals surface area contributed by atoms with E-state index in [1.54, 1.807) is 12.1 Å². The lowest BCUT2D eigenvalue weighted by molar-refractivity contribution is 0.214. The van der Waals surface area contributed by atoms with Crippen molar-refractivity contribution in [3.8, 4) is 5.69 Å². The molecule has 1 saturated heterocycles. The molecule has 0 spiro atoms. The van der Waals surface area contributed by atoms with E-state index in [-0.39, 0.29) is 5.82 Å². The van der Waals surface area contributed by atoms with Gasteiger partial charge in [-0.15, -0.1) is 10.2 Å². The molecule has 1 aliphatic carbocycles. The molecule has 146 valence electrons. The molecule has 3 aromatic rings. The summed E-state index contributed by atoms with van der Waals surface area (Å²) in [4.78, 5) is 7.08. The molecule has 1 aromatic carbocycles. The summed E-state index contributed by atoms with van der Waals surface area (Å²) in [5, 5.41) is 9.66. The van der Waals surface area contributed by atoms with Crippen molar-refractivity contribution >= 4 is 23.3 Å². The van der Waals surface area contributed by atoms with Gasteiger partial charge in [-0.2, -0.15) is 4.37 Å². The Kier molecular flexibility index (Phi) is 5.13. The van der Waals surface area contributed by atoms with Crippen molar-refractivity contribution in [3.63, 3.8) is 0 Å². The van der Waals surface area contributed by atoms with Crippen molar-refractivity contribution in [2.75, 3.05) is 13.1 Å². The summed E-state index contributed by atoms with van der Waals surface area (Å²) in [7, 11) is 0. The number of piperidine rings is 1. The molecule has 2 aromatic heterocycles. The third kappa shape index (κ3) is 3.97. The predicted octanol–water partition coefficient (Wildman–Crippen LogP) is 4.27. The number of rotatable bonds is 6. The molecule has 0 radical (unpaired) electrons. The standard InChI is InChI=1S/C19H21FN6S2/c20-14-6-8-15(9-7-14)26-16(12-25-10-2-1-3-11-25)22-23-18(26)27-19-21-17(24-28-19)13-4-5-13/h6-9,13H,1-5,10-12H2. The van der Waals surface area contributed by atoms with Gasteiger partial charge in [0, 0.05) is 11.6 Å². The fourth-order valence-corrected chi connectivity index (χ4v) is 5.14. The second kappa shape index (κ2) is 7.88. The molecule has 0 N–H and O–H groups in total. The molecule has 0 bridgehead atoms. The highest BCUT2D eigenvalue weighted by Crippen LogP contribution is 2.40. The van der Waals surface area contributed by atoms with Gasteiger partial charge in [0.15, 0.2) is 10.2 Å². The first-order chi connectivity index (χ1) is 13.8. The van der Waals surface area contributed by atoms with E-state index in [4.69, 9.17) is 0 Å². The lowest BCUT2D eigenvalue weighted by Gasteiger charge is -2.26. The summed E-state index contributed by atoms with van der Waals surface area (Å²) < 4.78 is 20.8. The maximum absolute atomic E-state index is 13.5. The van der Waals surface area contributed by atoms with Gasteiger partial charge in [0.2, 0.25) is 5.16 Å². The second-order valence-corrected chi connectivity index (χ2v) is 9.31. The zero-order valence-electron chi connectivity index (χ0n) is 15.4. The summed E-state index contributed by atoms with van der Waals surface area (Å²) in [6, 6.07) is 6.51. The minimum atomic E-state index is -0.248. The zero-order chi connectivity index (χ0) is 18.9. The molecule has 28 heavy (non-hydrogen) atoms. The van der Waals surface area contributed by atoms with Crippen molar-refractivity contribution in [2.24, 2.45) is 0 Å². The van der Waals surface area contributed by atoms with Gasteiger partial charge in [-0.1, -0.05) is 6.42 Å². The largest absolute Gasteiger partial charge is 0.296 e. The molecule has 0 atom stereocenters. The molecule has 0 amide bonds. The lowest BCUT2D eigenvalue weighted by Crippen LogP contribution is -2.30. The van der Waals surface area contributed by atoms with Crippen molar-refractivity contribution < 1.29 is 4.39 Å². The Morgan fingerprint density at radius 3 is 2.61 bits per heavy atom. The Morgan fingerprint density at radius 2 is 1.86 bits per heavy atom. The first-order valence-corrected chi connectivity index (χ1v) is 11.3. The Morgan fingerprint density at radius 1 is 1.07 bits per heavy atom. The van der Waals surface area contributed by atoms with E-state index in [1.807, 2.05) is 4.57 Å². The molecule has 2 aliphatic rings. The topological polar surface area (TPSA) is 59.7 Å². The SMILES string of the molecule is Fc1ccc(-n2c(CN3CCCCC3)nnc2Sc2nc(C3CC3)ns2)cc1. The summed E-state index contributed by atoms with van der Waals surface area (Å²) in [5.41, 5.74) is 0.868. The highest BCUT2D eigenvalue weighted by molar-refractivity contribution is 8.00. The zero-order valence-corrected chi connectivity index (χ0v) is 17.1. The van der Waals surface area contributed by atoms with Gasteiger partial charge in [0.25, 0.3) is 0 Å². The van der Waals surface area contributed by atoms with Crippen molar-refractivity contribution in [2.45, 2.75) is 54.1 Å². The maximum atomic E-state index is 13.5. The van der Waals surface area contributed by atoms with Gasteiger partial charge in [0.05, 0.1) is 6.54 Å². The maximum Gasteiger partial charge on any atom is 0.203 e. The second-order valence-electron chi connectivity index (χ2n) is 7.34. The first kappa shape index (κ1) is 18.2. The van der Waals surface area contributed by atoms with E-state index in [0.717, 1.165) is 46.5 Å². The highest BCUT2D eigenvalue weighted by atomic mass is 32.2. The highest BCUT2D eigenvalue weighted by Gasteiger charge is 2.28. The van der Waals surface area contributed by atoms with Gasteiger partial charge >= 0.3 is 0 Å². The number of halogens is 1. The number of hydrogen-bond acceptors (Lipinski definition) is 7. The van der Waals surface area contributed by atoms with Crippen LogP contribution in [-0.4, -0.2) is 42.1 Å². The summed E-state index contributed by atoms with van der Waals surface area (Å²) >= 11 is 2.90. The molecule has 5 rings (SSSR count). The molecule has 3 heterocycles. The third-order valence-corrected chi connectivity index (χ3v) is 6.86. The van der Waals surface area contributed by atoms with Gasteiger partial charge in [0.1, 0.15) is 11.6 Å². The van der Waals surface area contributed by atoms with Crippen molar-refractivity contribution in [1.29, 1.82) is 0 Å². The summed E-state index contributed by atoms with van der Waals surface area (Å²) in [6.45, 7) is 2.91. The van der Waals surface area contributed by atoms with E-state index < -0.39 is 0 Å². The fourth-order valence-electron chi connectivity index (χ4n) is 3.48. The third-order valence-electron chi connectivity index (χ3n) is 5.14. The van der Waals surface area contributed by atoms with Crippen LogP contribution in [0.4, 0.5) is 4.39 Å². The van der Waals surface area contributed by atoms with E-state index >= 15 is 0 Å². The molecule has 2 fully saturated rings. The van der Waals surface area contributed by atoms with E-state index in [9.17, 15) is 4.39 Å². The van der Waals surface area contributed by atoms with Gasteiger partial charge in [-0.3, -0.25) is 9.47 Å². The fraction of sp³-hybridized carbons (Fsp3) is 0.474. The quantitative estimate of drug-likeness (QED) is 0.598. The van der Waals surface area contributed by atoms with Crippen LogP contribution in [0.5, 0.6) is 0 Å². The molecule has 9 heteroatoms. The van der Waals surface area contributed by atoms with Gasteiger partial charge < -0.3 is 0 Å². The predicted molar refractivity (Wildman–Crippen MR) is 106 cm³/mol. The molecular weight excluding hydrogens is 395 g/mol. The van der Waals surface area contributed by atoms with Gasteiger partial charge in [-0.25, -0.2) is 9.37 Å². The first-order valence-electron chi connectivity index (χ1n) is 9.70. The molecular formula is C19H21FN6S2. The minimum absolute atomic E-state index is 0.248. The Hall–Kier alpha value is -1.84. The number of benzene rings is 1. The van der Waals surface area contributed by atoms with E-state index in [0.29, 0.717) is 5.92 Å². The average Bonchev–Trinajstić information content (AvgIpc) is 3.35. The van der Waals surface area contributed by atoms with Crippen LogP contribution in [0.2, 0.25) is 0 Å². The van der Waals surface area contributed by atoms with Crippen LogP contribution in [0.15, 0.2) is 33.8 Å². The number of aromatic nitrogens is 5. The molecule has 6 nitrogen and oxygen atoms in total. The Balaban J connectivity index is 1.45. The molecule has 1 saturated carbocycles. The monoisotopic (exact) mass is 416 g/mol. The smallest absolute Gasteiger partial charge is 0.203 e. The van der Waals surface area contributed by atoms with Crippen LogP contribution in [-0.2, 0) is 6.54 Å². The molecule has 0 unspecified atom stereocenters. The van der Waals surface area contributed by atoms with E-state index in [2.05, 4.69) is 24.5 Å². The Labute approximate surface area is 171 Å². The van der Waals surface area contributed by atoms with Crippen LogP contribution in [0.1, 0.15) is 49.7 Å². The lowest BCUT2D eigenvalue weighted by atomic mass is 10.1. The van der Waals surface area contributed by atoms with Crippen LogP contribution in [0, 0.1) is 5.82 Å². The van der Waals surface area contributed by atoms with Crippen molar-refractivity contribution in [3.05, 3.63) is 41.7 Å². The van der Waals surface area contributed by atoms with E-state index in [1.165, 1.54) is 67.5 Å².